The predicted molar refractivity (Wildman–Crippen MR) is 99.3 cm³/mol. The lowest BCUT2D eigenvalue weighted by Crippen LogP contribution is -2.16. The summed E-state index contributed by atoms with van der Waals surface area (Å²) in [5.41, 5.74) is 5.19. The van der Waals surface area contributed by atoms with Crippen LogP contribution in [0.25, 0.3) is 0 Å². The lowest BCUT2D eigenvalue weighted by atomic mass is 10.1. The Balaban J connectivity index is 1.75. The minimum absolute atomic E-state index is 0.00308. The molecule has 9 heteroatoms. The number of nitrogen functional groups attached to an aromatic ring is 1. The van der Waals surface area contributed by atoms with Crippen molar-refractivity contribution in [3.05, 3.63) is 77.2 Å². The molecule has 0 atom stereocenters. The van der Waals surface area contributed by atoms with E-state index >= 15 is 0 Å². The second kappa shape index (κ2) is 7.78. The van der Waals surface area contributed by atoms with Crippen LogP contribution in [0.2, 0.25) is 0 Å². The molecule has 0 aliphatic carbocycles. The van der Waals surface area contributed by atoms with Gasteiger partial charge in [-0.15, -0.1) is 0 Å². The molecule has 0 spiro atoms. The van der Waals surface area contributed by atoms with Gasteiger partial charge in [0.15, 0.2) is 0 Å². The SMILES string of the molecule is Cc1cc(C(=O)Nc2ccc(Oc3ccccc3C(F)(F)F)cc2)c(N)nc1F. The Kier molecular flexibility index (Phi) is 5.40. The van der Waals surface area contributed by atoms with Crippen molar-refractivity contribution in [3.63, 3.8) is 0 Å². The van der Waals surface area contributed by atoms with E-state index in [0.29, 0.717) is 5.69 Å². The summed E-state index contributed by atoms with van der Waals surface area (Å²) in [5, 5.41) is 2.56. The number of nitrogens with zero attached hydrogens (tertiary/aromatic N) is 1. The van der Waals surface area contributed by atoms with Crippen molar-refractivity contribution in [2.24, 2.45) is 0 Å². The summed E-state index contributed by atoms with van der Waals surface area (Å²) < 4.78 is 57.8. The van der Waals surface area contributed by atoms with Crippen LogP contribution in [-0.2, 0) is 6.18 Å². The molecule has 1 amide bonds. The topological polar surface area (TPSA) is 77.2 Å². The number of nitrogens with one attached hydrogen (secondary N) is 1. The summed E-state index contributed by atoms with van der Waals surface area (Å²) in [7, 11) is 0. The van der Waals surface area contributed by atoms with Crippen molar-refractivity contribution in [2.75, 3.05) is 11.1 Å². The first kappa shape index (κ1) is 20.1. The van der Waals surface area contributed by atoms with Crippen molar-refractivity contribution in [1.29, 1.82) is 0 Å². The molecule has 2 aromatic carbocycles. The fourth-order valence-corrected chi connectivity index (χ4v) is 2.51. The molecule has 0 aliphatic rings. The van der Waals surface area contributed by atoms with Crippen LogP contribution in [0.4, 0.5) is 29.1 Å². The number of halogens is 4. The van der Waals surface area contributed by atoms with Crippen LogP contribution in [0.3, 0.4) is 0 Å². The summed E-state index contributed by atoms with van der Waals surface area (Å²) in [6, 6.07) is 11.8. The van der Waals surface area contributed by atoms with Gasteiger partial charge in [-0.25, -0.2) is 4.98 Å². The third kappa shape index (κ3) is 4.63. The largest absolute Gasteiger partial charge is 0.457 e. The summed E-state index contributed by atoms with van der Waals surface area (Å²) in [4.78, 5) is 15.8. The van der Waals surface area contributed by atoms with E-state index in [1.165, 1.54) is 55.5 Å². The number of benzene rings is 2. The number of aromatic nitrogens is 1. The third-order valence-corrected chi connectivity index (χ3v) is 3.96. The Labute approximate surface area is 163 Å². The number of hydrogen-bond acceptors (Lipinski definition) is 4. The normalized spacial score (nSPS) is 11.2. The smallest absolute Gasteiger partial charge is 0.419 e. The Morgan fingerprint density at radius 1 is 1.10 bits per heavy atom. The molecule has 150 valence electrons. The number of aryl methyl sites for hydroxylation is 1. The number of carbonyl (C=O) groups excluding carboxylic acids is 1. The second-order valence-corrected chi connectivity index (χ2v) is 6.10. The maximum atomic E-state index is 13.4. The molecule has 1 aromatic heterocycles. The average molecular weight is 405 g/mol. The molecule has 3 N–H and O–H groups in total. The average Bonchev–Trinajstić information content (AvgIpc) is 2.66. The van der Waals surface area contributed by atoms with E-state index in [1.54, 1.807) is 0 Å². The van der Waals surface area contributed by atoms with E-state index < -0.39 is 23.6 Å². The van der Waals surface area contributed by atoms with E-state index in [-0.39, 0.29) is 28.4 Å². The molecule has 1 heterocycles. The minimum atomic E-state index is -4.55. The Morgan fingerprint density at radius 2 is 1.76 bits per heavy atom. The molecule has 0 saturated carbocycles. The number of anilines is 2. The van der Waals surface area contributed by atoms with Gasteiger partial charge < -0.3 is 15.8 Å². The molecule has 0 saturated heterocycles. The van der Waals surface area contributed by atoms with Gasteiger partial charge in [-0.05, 0) is 49.4 Å². The van der Waals surface area contributed by atoms with Gasteiger partial charge in [-0.3, -0.25) is 4.79 Å². The fourth-order valence-electron chi connectivity index (χ4n) is 2.51. The zero-order valence-electron chi connectivity index (χ0n) is 15.0. The molecular weight excluding hydrogens is 390 g/mol. The van der Waals surface area contributed by atoms with Crippen LogP contribution in [0.15, 0.2) is 54.6 Å². The van der Waals surface area contributed by atoms with Gasteiger partial charge in [0.25, 0.3) is 5.91 Å². The van der Waals surface area contributed by atoms with Crippen molar-refractivity contribution < 1.29 is 27.1 Å². The molecule has 3 rings (SSSR count). The summed E-state index contributed by atoms with van der Waals surface area (Å²) >= 11 is 0. The molecule has 29 heavy (non-hydrogen) atoms. The van der Waals surface area contributed by atoms with Crippen molar-refractivity contribution in [3.8, 4) is 11.5 Å². The van der Waals surface area contributed by atoms with E-state index in [0.717, 1.165) is 6.07 Å². The van der Waals surface area contributed by atoms with Crippen LogP contribution in [0.1, 0.15) is 21.5 Å². The number of amides is 1. The molecule has 0 radical (unpaired) electrons. The number of ether oxygens (including phenoxy) is 1. The van der Waals surface area contributed by atoms with Crippen LogP contribution >= 0.6 is 0 Å². The number of para-hydroxylation sites is 1. The lowest BCUT2D eigenvalue weighted by molar-refractivity contribution is -0.138. The highest BCUT2D eigenvalue weighted by atomic mass is 19.4. The fraction of sp³-hybridized carbons (Fsp3) is 0.100. The van der Waals surface area contributed by atoms with E-state index in [4.69, 9.17) is 10.5 Å². The van der Waals surface area contributed by atoms with Crippen LogP contribution < -0.4 is 15.8 Å². The number of pyridine rings is 1. The van der Waals surface area contributed by atoms with Gasteiger partial charge in [-0.2, -0.15) is 17.6 Å². The van der Waals surface area contributed by atoms with Gasteiger partial charge in [0, 0.05) is 11.3 Å². The first-order valence-electron chi connectivity index (χ1n) is 8.33. The molecular formula is C20H15F4N3O2. The highest BCUT2D eigenvalue weighted by molar-refractivity contribution is 6.07. The molecule has 5 nitrogen and oxygen atoms in total. The summed E-state index contributed by atoms with van der Waals surface area (Å²) in [6.07, 6.45) is -4.55. The maximum absolute atomic E-state index is 13.4. The van der Waals surface area contributed by atoms with Gasteiger partial charge in [-0.1, -0.05) is 12.1 Å². The number of alkyl halides is 3. The van der Waals surface area contributed by atoms with Crippen LogP contribution in [-0.4, -0.2) is 10.9 Å². The first-order chi connectivity index (χ1) is 13.6. The van der Waals surface area contributed by atoms with Crippen LogP contribution in [0.5, 0.6) is 11.5 Å². The molecule has 0 aliphatic heterocycles. The van der Waals surface area contributed by atoms with Gasteiger partial charge >= 0.3 is 6.18 Å². The van der Waals surface area contributed by atoms with E-state index in [9.17, 15) is 22.4 Å². The zero-order valence-corrected chi connectivity index (χ0v) is 15.0. The Morgan fingerprint density at radius 3 is 2.41 bits per heavy atom. The minimum Gasteiger partial charge on any atom is -0.457 e. The highest BCUT2D eigenvalue weighted by Gasteiger charge is 2.34. The predicted octanol–water partition coefficient (Wildman–Crippen LogP) is 5.17. The van der Waals surface area contributed by atoms with E-state index in [1.807, 2.05) is 0 Å². The molecule has 0 unspecified atom stereocenters. The van der Waals surface area contributed by atoms with Crippen molar-refractivity contribution >= 4 is 17.4 Å². The number of carbonyl (C=O) groups is 1. The van der Waals surface area contributed by atoms with Crippen LogP contribution in [0, 0.1) is 12.9 Å². The standard InChI is InChI=1S/C20H15F4N3O2/c1-11-10-14(18(25)27-17(11)21)19(28)26-12-6-8-13(9-7-12)29-16-5-3-2-4-15(16)20(22,23)24/h2-10H,1H3,(H2,25,27)(H,26,28). The first-order valence-corrected chi connectivity index (χ1v) is 8.33. The van der Waals surface area contributed by atoms with Gasteiger partial charge in [0.1, 0.15) is 17.3 Å². The molecule has 3 aromatic rings. The lowest BCUT2D eigenvalue weighted by Gasteiger charge is -2.14. The maximum Gasteiger partial charge on any atom is 0.419 e. The molecule has 0 bridgehead atoms. The highest BCUT2D eigenvalue weighted by Crippen LogP contribution is 2.38. The summed E-state index contributed by atoms with van der Waals surface area (Å²) in [5.74, 6) is -1.81. The quantitative estimate of drug-likeness (QED) is 0.464. The van der Waals surface area contributed by atoms with Crippen molar-refractivity contribution in [2.45, 2.75) is 13.1 Å². The van der Waals surface area contributed by atoms with E-state index in [2.05, 4.69) is 10.3 Å². The summed E-state index contributed by atoms with van der Waals surface area (Å²) in [6.45, 7) is 1.45. The van der Waals surface area contributed by atoms with Crippen molar-refractivity contribution in [1.82, 2.24) is 4.98 Å². The second-order valence-electron chi connectivity index (χ2n) is 6.10. The number of rotatable bonds is 4. The number of nitrogens with two attached hydrogens (primary N) is 1. The monoisotopic (exact) mass is 405 g/mol. The molecule has 0 fully saturated rings. The Bertz CT molecular complexity index is 1050. The van der Waals surface area contributed by atoms with Gasteiger partial charge in [0.05, 0.1) is 11.1 Å². The zero-order chi connectivity index (χ0) is 21.2. The number of hydrogen-bond donors (Lipinski definition) is 2. The Hall–Kier alpha value is -3.62. The third-order valence-electron chi connectivity index (χ3n) is 3.96. The van der Waals surface area contributed by atoms with Gasteiger partial charge in [0.2, 0.25) is 5.95 Å².